The van der Waals surface area contributed by atoms with E-state index in [1.165, 1.54) is 6.26 Å². The standard InChI is InChI=1S/C11H7NO2Se/c1-7-2-3-10-8(4-7)11(13)9(5-14-10)12-6-15/h2-5H,1H3. The molecule has 0 unspecified atom stereocenters. The van der Waals surface area contributed by atoms with Crippen molar-refractivity contribution in [2.75, 3.05) is 0 Å². The summed E-state index contributed by atoms with van der Waals surface area (Å²) in [7, 11) is 0. The summed E-state index contributed by atoms with van der Waals surface area (Å²) >= 11 is 2.48. The Morgan fingerprint density at radius 1 is 1.47 bits per heavy atom. The van der Waals surface area contributed by atoms with Crippen LogP contribution in [0, 0.1) is 6.92 Å². The van der Waals surface area contributed by atoms with Crippen molar-refractivity contribution in [1.29, 1.82) is 0 Å². The van der Waals surface area contributed by atoms with Gasteiger partial charge in [0.05, 0.1) is 0 Å². The topological polar surface area (TPSA) is 42.6 Å². The molecule has 0 N–H and O–H groups in total. The van der Waals surface area contributed by atoms with Gasteiger partial charge in [-0.3, -0.25) is 0 Å². The van der Waals surface area contributed by atoms with Gasteiger partial charge in [-0.2, -0.15) is 0 Å². The van der Waals surface area contributed by atoms with Gasteiger partial charge in [0, 0.05) is 0 Å². The number of rotatable bonds is 1. The third-order valence-corrected chi connectivity index (χ3v) is 2.27. The number of nitrogens with zero attached hydrogens (tertiary/aromatic N) is 1. The molecule has 1 aromatic carbocycles. The van der Waals surface area contributed by atoms with Crippen LogP contribution < -0.4 is 5.43 Å². The summed E-state index contributed by atoms with van der Waals surface area (Å²) in [5.74, 6) is 0. The van der Waals surface area contributed by atoms with Gasteiger partial charge in [0.1, 0.15) is 0 Å². The molecule has 0 saturated carbocycles. The van der Waals surface area contributed by atoms with Gasteiger partial charge >= 0.3 is 93.5 Å². The van der Waals surface area contributed by atoms with E-state index in [9.17, 15) is 4.79 Å². The van der Waals surface area contributed by atoms with Crippen LogP contribution in [0.4, 0.5) is 5.69 Å². The average Bonchev–Trinajstić information content (AvgIpc) is 2.23. The van der Waals surface area contributed by atoms with Crippen molar-refractivity contribution in [2.24, 2.45) is 4.99 Å². The Balaban J connectivity index is 2.88. The van der Waals surface area contributed by atoms with E-state index in [1.54, 1.807) is 12.1 Å². The van der Waals surface area contributed by atoms with Crippen molar-refractivity contribution in [3.63, 3.8) is 0 Å². The number of aryl methyl sites for hydroxylation is 1. The van der Waals surface area contributed by atoms with E-state index in [2.05, 4.69) is 25.3 Å². The fourth-order valence-electron chi connectivity index (χ4n) is 1.36. The molecule has 0 radical (unpaired) electrons. The van der Waals surface area contributed by atoms with Gasteiger partial charge in [0.15, 0.2) is 0 Å². The third-order valence-electron chi connectivity index (χ3n) is 2.08. The molecule has 0 bridgehead atoms. The summed E-state index contributed by atoms with van der Waals surface area (Å²) in [6.07, 6.45) is 1.34. The normalized spacial score (nSPS) is 9.93. The average molecular weight is 264 g/mol. The zero-order valence-electron chi connectivity index (χ0n) is 7.98. The van der Waals surface area contributed by atoms with Gasteiger partial charge in [-0.05, 0) is 0 Å². The Morgan fingerprint density at radius 2 is 2.27 bits per heavy atom. The molecular weight excluding hydrogens is 257 g/mol. The Bertz CT molecular complexity index is 624. The van der Waals surface area contributed by atoms with E-state index >= 15 is 0 Å². The van der Waals surface area contributed by atoms with Gasteiger partial charge in [-0.15, -0.1) is 0 Å². The van der Waals surface area contributed by atoms with E-state index in [0.29, 0.717) is 11.0 Å². The quantitative estimate of drug-likeness (QED) is 0.582. The van der Waals surface area contributed by atoms with Crippen molar-refractivity contribution in [1.82, 2.24) is 0 Å². The molecule has 0 amide bonds. The third kappa shape index (κ3) is 1.83. The van der Waals surface area contributed by atoms with Crippen LogP contribution in [0.15, 0.2) is 38.7 Å². The van der Waals surface area contributed by atoms with E-state index in [1.807, 2.05) is 13.0 Å². The SMILES string of the molecule is Cc1ccc2occ(N=C=[Se])c(=O)c2c1. The minimum atomic E-state index is -0.136. The second-order valence-electron chi connectivity index (χ2n) is 3.15. The summed E-state index contributed by atoms with van der Waals surface area (Å²) < 4.78 is 7.73. The molecule has 0 aliphatic rings. The molecule has 4 heteroatoms. The van der Waals surface area contributed by atoms with E-state index < -0.39 is 0 Å². The molecule has 3 nitrogen and oxygen atoms in total. The first-order valence-electron chi connectivity index (χ1n) is 4.32. The Labute approximate surface area is 93.8 Å². The summed E-state index contributed by atoms with van der Waals surface area (Å²) in [5, 5.41) is 0.548. The first-order valence-corrected chi connectivity index (χ1v) is 5.18. The molecule has 2 aromatic rings. The van der Waals surface area contributed by atoms with Crippen molar-refractivity contribution in [3.8, 4) is 0 Å². The maximum absolute atomic E-state index is 11.9. The summed E-state index contributed by atoms with van der Waals surface area (Å²) in [6, 6.07) is 5.47. The number of aliphatic imine (C=N–C) groups is 1. The van der Waals surface area contributed by atoms with Gasteiger partial charge in [-0.25, -0.2) is 0 Å². The van der Waals surface area contributed by atoms with Crippen molar-refractivity contribution < 1.29 is 4.42 Å². The van der Waals surface area contributed by atoms with Gasteiger partial charge in [0.2, 0.25) is 0 Å². The molecule has 0 atom stereocenters. The first kappa shape index (κ1) is 10.1. The van der Waals surface area contributed by atoms with E-state index in [0.717, 1.165) is 5.56 Å². The van der Waals surface area contributed by atoms with Crippen molar-refractivity contribution in [2.45, 2.75) is 6.92 Å². The summed E-state index contributed by atoms with van der Waals surface area (Å²) in [5.41, 5.74) is 1.71. The molecule has 2 rings (SSSR count). The van der Waals surface area contributed by atoms with E-state index in [4.69, 9.17) is 4.42 Å². The Kier molecular flexibility index (Phi) is 2.65. The van der Waals surface area contributed by atoms with Crippen LogP contribution in [0.3, 0.4) is 0 Å². The van der Waals surface area contributed by atoms with Crippen molar-refractivity contribution >= 4 is 36.9 Å². The summed E-state index contributed by atoms with van der Waals surface area (Å²) in [4.78, 5) is 15.6. The zero-order chi connectivity index (χ0) is 10.8. The van der Waals surface area contributed by atoms with Crippen LogP contribution in [0.25, 0.3) is 11.0 Å². The van der Waals surface area contributed by atoms with E-state index in [-0.39, 0.29) is 11.1 Å². The minimum absolute atomic E-state index is 0.136. The molecule has 1 heterocycles. The van der Waals surface area contributed by atoms with Gasteiger partial charge in [0.25, 0.3) is 0 Å². The molecular formula is C11H7NO2Se. The molecule has 0 fully saturated rings. The van der Waals surface area contributed by atoms with Crippen LogP contribution in [-0.2, 0) is 0 Å². The van der Waals surface area contributed by atoms with Gasteiger partial charge < -0.3 is 0 Å². The van der Waals surface area contributed by atoms with Crippen LogP contribution in [-0.4, -0.2) is 20.3 Å². The van der Waals surface area contributed by atoms with Crippen LogP contribution in [0.5, 0.6) is 0 Å². The molecule has 1 aromatic heterocycles. The number of hydrogen-bond donors (Lipinski definition) is 0. The number of benzene rings is 1. The second-order valence-corrected chi connectivity index (χ2v) is 3.54. The molecule has 0 aliphatic carbocycles. The second kappa shape index (κ2) is 3.95. The van der Waals surface area contributed by atoms with Crippen LogP contribution >= 0.6 is 0 Å². The maximum atomic E-state index is 11.9. The van der Waals surface area contributed by atoms with Crippen molar-refractivity contribution in [3.05, 3.63) is 40.2 Å². The molecule has 0 aliphatic heterocycles. The fourth-order valence-corrected chi connectivity index (χ4v) is 1.57. The Morgan fingerprint density at radius 3 is 3.00 bits per heavy atom. The summed E-state index contributed by atoms with van der Waals surface area (Å²) in [6.45, 7) is 1.93. The molecule has 15 heavy (non-hydrogen) atoms. The number of hydrogen-bond acceptors (Lipinski definition) is 3. The van der Waals surface area contributed by atoms with Crippen LogP contribution in [0.1, 0.15) is 5.56 Å². The number of fused-ring (bicyclic) bond motifs is 1. The molecule has 0 saturated heterocycles. The monoisotopic (exact) mass is 265 g/mol. The molecule has 74 valence electrons. The first-order chi connectivity index (χ1) is 7.22. The van der Waals surface area contributed by atoms with Crippen LogP contribution in [0.2, 0.25) is 0 Å². The fraction of sp³-hybridized carbons (Fsp3) is 0.0909. The Hall–Kier alpha value is -1.47. The zero-order valence-corrected chi connectivity index (χ0v) is 9.69. The van der Waals surface area contributed by atoms with Gasteiger partial charge in [-0.1, -0.05) is 0 Å². The predicted octanol–water partition coefficient (Wildman–Crippen LogP) is 1.81. The predicted molar refractivity (Wildman–Crippen MR) is 60.1 cm³/mol. The molecule has 0 spiro atoms.